The second kappa shape index (κ2) is 7.82. The molecule has 1 aliphatic rings. The number of likely N-dealkylation sites (N-methyl/N-ethyl adjacent to an activating group) is 1. The Kier molecular flexibility index (Phi) is 5.08. The van der Waals surface area contributed by atoms with E-state index in [9.17, 15) is 9.59 Å². The van der Waals surface area contributed by atoms with Crippen LogP contribution in [0.3, 0.4) is 0 Å². The molecule has 1 aromatic heterocycles. The number of nitrogens with zero attached hydrogens (tertiary/aromatic N) is 4. The zero-order valence-electron chi connectivity index (χ0n) is 15.8. The number of carbonyl (C=O) groups excluding carboxylic acids is 2. The number of amides is 2. The van der Waals surface area contributed by atoms with Gasteiger partial charge in [0.25, 0.3) is 5.91 Å². The molecule has 1 fully saturated rings. The average molecular weight is 377 g/mol. The molecule has 2 amide bonds. The van der Waals surface area contributed by atoms with E-state index in [4.69, 9.17) is 0 Å². The number of aromatic nitrogens is 2. The molecule has 144 valence electrons. The van der Waals surface area contributed by atoms with Gasteiger partial charge < -0.3 is 15.1 Å². The topological polar surface area (TPSA) is 70.5 Å². The number of piperazine rings is 1. The maximum absolute atomic E-state index is 12.7. The van der Waals surface area contributed by atoms with E-state index >= 15 is 0 Å². The van der Waals surface area contributed by atoms with Crippen molar-refractivity contribution < 1.29 is 9.59 Å². The number of anilines is 1. The Morgan fingerprint density at radius 2 is 1.79 bits per heavy atom. The summed E-state index contributed by atoms with van der Waals surface area (Å²) in [6.07, 6.45) is 3.26. The highest BCUT2D eigenvalue weighted by atomic mass is 16.2. The lowest BCUT2D eigenvalue weighted by molar-refractivity contribution is -0.133. The molecule has 0 aliphatic carbocycles. The third kappa shape index (κ3) is 3.89. The fraction of sp³-hybridized carbons (Fsp3) is 0.286. The predicted molar refractivity (Wildman–Crippen MR) is 108 cm³/mol. The van der Waals surface area contributed by atoms with Crippen molar-refractivity contribution in [3.63, 3.8) is 0 Å². The summed E-state index contributed by atoms with van der Waals surface area (Å²) in [5, 5.41) is 9.01. The maximum Gasteiger partial charge on any atom is 0.256 e. The van der Waals surface area contributed by atoms with Crippen molar-refractivity contribution in [1.29, 1.82) is 0 Å². The van der Waals surface area contributed by atoms with Crippen LogP contribution in [0.1, 0.15) is 10.4 Å². The molecule has 0 unspecified atom stereocenters. The Hall–Kier alpha value is -3.19. The zero-order chi connectivity index (χ0) is 19.5. The van der Waals surface area contributed by atoms with Gasteiger partial charge in [0.15, 0.2) is 0 Å². The minimum atomic E-state index is -0.193. The first-order valence-corrected chi connectivity index (χ1v) is 9.38. The second-order valence-corrected chi connectivity index (χ2v) is 7.09. The van der Waals surface area contributed by atoms with Crippen LogP contribution in [-0.4, -0.2) is 64.6 Å². The third-order valence-corrected chi connectivity index (χ3v) is 5.08. The van der Waals surface area contributed by atoms with Gasteiger partial charge in [-0.3, -0.25) is 14.3 Å². The summed E-state index contributed by atoms with van der Waals surface area (Å²) in [7, 11) is 2.06. The van der Waals surface area contributed by atoms with Gasteiger partial charge in [-0.1, -0.05) is 36.4 Å². The van der Waals surface area contributed by atoms with E-state index in [1.54, 1.807) is 23.1 Å². The lowest BCUT2D eigenvalue weighted by Crippen LogP contribution is -2.48. The molecule has 0 atom stereocenters. The molecule has 0 bridgehead atoms. The van der Waals surface area contributed by atoms with Crippen molar-refractivity contribution in [2.24, 2.45) is 0 Å². The summed E-state index contributed by atoms with van der Waals surface area (Å²) in [5.74, 6) is -0.148. The van der Waals surface area contributed by atoms with E-state index in [0.29, 0.717) is 11.3 Å². The molecular formula is C21H23N5O2. The Bertz CT molecular complexity index is 999. The molecule has 7 heteroatoms. The lowest BCUT2D eigenvalue weighted by atomic mass is 10.0. The average Bonchev–Trinajstić information content (AvgIpc) is 3.14. The van der Waals surface area contributed by atoms with Gasteiger partial charge in [0.05, 0.1) is 11.9 Å². The number of carbonyl (C=O) groups is 2. The molecule has 7 nitrogen and oxygen atoms in total. The van der Waals surface area contributed by atoms with Crippen LogP contribution in [0.2, 0.25) is 0 Å². The van der Waals surface area contributed by atoms with E-state index in [-0.39, 0.29) is 18.4 Å². The smallest absolute Gasteiger partial charge is 0.256 e. The molecule has 1 N–H and O–H groups in total. The van der Waals surface area contributed by atoms with Crippen LogP contribution in [0.5, 0.6) is 0 Å². The molecule has 3 aromatic rings. The van der Waals surface area contributed by atoms with E-state index < -0.39 is 0 Å². The highest BCUT2D eigenvalue weighted by Crippen LogP contribution is 2.19. The Balaban J connectivity index is 1.42. The molecule has 2 heterocycles. The van der Waals surface area contributed by atoms with Gasteiger partial charge in [0.1, 0.15) is 6.54 Å². The summed E-state index contributed by atoms with van der Waals surface area (Å²) >= 11 is 0. The van der Waals surface area contributed by atoms with Crippen LogP contribution in [0.25, 0.3) is 10.8 Å². The van der Waals surface area contributed by atoms with Crippen molar-refractivity contribution in [2.45, 2.75) is 6.54 Å². The Morgan fingerprint density at radius 3 is 2.61 bits per heavy atom. The summed E-state index contributed by atoms with van der Waals surface area (Å²) < 4.78 is 1.57. The van der Waals surface area contributed by atoms with Gasteiger partial charge in [-0.05, 0) is 23.9 Å². The van der Waals surface area contributed by atoms with Gasteiger partial charge >= 0.3 is 0 Å². The first-order chi connectivity index (χ1) is 13.6. The molecule has 0 saturated carbocycles. The van der Waals surface area contributed by atoms with Gasteiger partial charge in [-0.15, -0.1) is 0 Å². The summed E-state index contributed by atoms with van der Waals surface area (Å²) in [6, 6.07) is 13.4. The largest absolute Gasteiger partial charge is 0.339 e. The van der Waals surface area contributed by atoms with E-state index in [2.05, 4.69) is 22.4 Å². The van der Waals surface area contributed by atoms with Crippen LogP contribution in [-0.2, 0) is 11.3 Å². The fourth-order valence-electron chi connectivity index (χ4n) is 3.43. The second-order valence-electron chi connectivity index (χ2n) is 7.09. The van der Waals surface area contributed by atoms with Crippen LogP contribution in [0.15, 0.2) is 54.9 Å². The minimum Gasteiger partial charge on any atom is -0.339 e. The van der Waals surface area contributed by atoms with Gasteiger partial charge in [-0.25, -0.2) is 0 Å². The summed E-state index contributed by atoms with van der Waals surface area (Å²) in [5.41, 5.74) is 1.18. The third-order valence-electron chi connectivity index (χ3n) is 5.08. The van der Waals surface area contributed by atoms with Crippen LogP contribution in [0.4, 0.5) is 5.69 Å². The molecule has 0 spiro atoms. The van der Waals surface area contributed by atoms with Crippen molar-refractivity contribution >= 4 is 28.3 Å². The molecule has 4 rings (SSSR count). The number of nitrogens with one attached hydrogen (secondary N) is 1. The minimum absolute atomic E-state index is 0.0446. The summed E-state index contributed by atoms with van der Waals surface area (Å²) in [4.78, 5) is 29.2. The van der Waals surface area contributed by atoms with Crippen molar-refractivity contribution in [2.75, 3.05) is 38.5 Å². The van der Waals surface area contributed by atoms with Crippen LogP contribution >= 0.6 is 0 Å². The Labute approximate surface area is 163 Å². The first-order valence-electron chi connectivity index (χ1n) is 9.38. The van der Waals surface area contributed by atoms with Gasteiger partial charge in [-0.2, -0.15) is 5.10 Å². The Morgan fingerprint density at radius 1 is 1.04 bits per heavy atom. The fourth-order valence-corrected chi connectivity index (χ4v) is 3.43. The number of benzene rings is 2. The molecule has 1 aliphatic heterocycles. The number of hydrogen-bond donors (Lipinski definition) is 1. The van der Waals surface area contributed by atoms with Gasteiger partial charge in [0.2, 0.25) is 5.91 Å². The SMILES string of the molecule is CN1CCN(C(=O)Cn2cc(NC(=O)c3cccc4ccccc34)cn2)CC1. The van der Waals surface area contributed by atoms with E-state index in [1.807, 2.05) is 41.3 Å². The molecule has 0 radical (unpaired) electrons. The molecular weight excluding hydrogens is 354 g/mol. The quantitative estimate of drug-likeness (QED) is 0.756. The lowest BCUT2D eigenvalue weighted by Gasteiger charge is -2.32. The van der Waals surface area contributed by atoms with Gasteiger partial charge in [0, 0.05) is 37.9 Å². The first kappa shape index (κ1) is 18.2. The van der Waals surface area contributed by atoms with Crippen molar-refractivity contribution in [1.82, 2.24) is 19.6 Å². The monoisotopic (exact) mass is 377 g/mol. The molecule has 2 aromatic carbocycles. The molecule has 28 heavy (non-hydrogen) atoms. The highest BCUT2D eigenvalue weighted by molar-refractivity contribution is 6.12. The normalized spacial score (nSPS) is 15.0. The van der Waals surface area contributed by atoms with Crippen LogP contribution < -0.4 is 5.32 Å². The molecule has 1 saturated heterocycles. The van der Waals surface area contributed by atoms with Crippen LogP contribution in [0, 0.1) is 0 Å². The standard InChI is InChI=1S/C21H23N5O2/c1-24-9-11-25(12-10-24)20(27)15-26-14-17(13-22-26)23-21(28)19-8-4-6-16-5-2-3-7-18(16)19/h2-8,13-14H,9-12,15H2,1H3,(H,23,28). The predicted octanol–water partition coefficient (Wildman–Crippen LogP) is 2.06. The van der Waals surface area contributed by atoms with Crippen molar-refractivity contribution in [3.8, 4) is 0 Å². The number of hydrogen-bond acceptors (Lipinski definition) is 4. The zero-order valence-corrected chi connectivity index (χ0v) is 15.8. The maximum atomic E-state index is 12.7. The highest BCUT2D eigenvalue weighted by Gasteiger charge is 2.19. The van der Waals surface area contributed by atoms with Crippen molar-refractivity contribution in [3.05, 3.63) is 60.4 Å². The van der Waals surface area contributed by atoms with E-state index in [1.165, 1.54) is 0 Å². The summed E-state index contributed by atoms with van der Waals surface area (Å²) in [6.45, 7) is 3.42. The van der Waals surface area contributed by atoms with E-state index in [0.717, 1.165) is 37.0 Å². The number of fused-ring (bicyclic) bond motifs is 1. The number of rotatable bonds is 4.